The highest BCUT2D eigenvalue weighted by molar-refractivity contribution is 6.01. The van der Waals surface area contributed by atoms with E-state index >= 15 is 0 Å². The molecule has 0 spiro atoms. The van der Waals surface area contributed by atoms with Crippen molar-refractivity contribution >= 4 is 28.5 Å². The van der Waals surface area contributed by atoms with Crippen molar-refractivity contribution in [3.63, 3.8) is 0 Å². The molecule has 4 aromatic rings. The number of fused-ring (bicyclic) bond motifs is 1. The number of hydrogen-bond acceptors (Lipinski definition) is 5. The van der Waals surface area contributed by atoms with E-state index in [1.165, 1.54) is 24.3 Å². The normalized spacial score (nSPS) is 13.9. The lowest BCUT2D eigenvalue weighted by Gasteiger charge is -2.35. The number of furan rings is 1. The summed E-state index contributed by atoms with van der Waals surface area (Å²) in [5.41, 5.74) is 2.26. The van der Waals surface area contributed by atoms with E-state index in [9.17, 15) is 18.4 Å². The van der Waals surface area contributed by atoms with Gasteiger partial charge in [0.25, 0.3) is 0 Å². The highest BCUT2D eigenvalue weighted by atomic mass is 19.1. The summed E-state index contributed by atoms with van der Waals surface area (Å²) < 4.78 is 33.1. The molecule has 2 aromatic carbocycles. The van der Waals surface area contributed by atoms with E-state index < -0.39 is 0 Å². The number of ketones is 1. The van der Waals surface area contributed by atoms with Crippen molar-refractivity contribution in [3.05, 3.63) is 94.9 Å². The number of carbonyl (C=O) groups excluding carboxylic acids is 2. The van der Waals surface area contributed by atoms with Gasteiger partial charge < -0.3 is 14.2 Å². The molecule has 3 heterocycles. The third kappa shape index (κ3) is 4.84. The molecule has 2 aromatic heterocycles. The molecule has 0 radical (unpaired) electrons. The zero-order valence-corrected chi connectivity index (χ0v) is 19.8. The molecule has 5 rings (SSSR count). The Morgan fingerprint density at radius 1 is 0.972 bits per heavy atom. The van der Waals surface area contributed by atoms with Gasteiger partial charge in [-0.25, -0.2) is 13.8 Å². The van der Waals surface area contributed by atoms with E-state index in [0.717, 1.165) is 11.4 Å². The van der Waals surface area contributed by atoms with Crippen molar-refractivity contribution < 1.29 is 22.8 Å². The third-order valence-electron chi connectivity index (χ3n) is 6.58. The molecule has 1 aliphatic heterocycles. The van der Waals surface area contributed by atoms with Crippen molar-refractivity contribution in [1.29, 1.82) is 0 Å². The fourth-order valence-electron chi connectivity index (χ4n) is 4.53. The zero-order valence-electron chi connectivity index (χ0n) is 19.8. The number of halogens is 2. The number of Topliss-reactive ketones (excluding diaryl/α,β-unsaturated/α-hetero) is 1. The summed E-state index contributed by atoms with van der Waals surface area (Å²) >= 11 is 0. The van der Waals surface area contributed by atoms with Crippen LogP contribution in [-0.2, 0) is 17.6 Å². The topological polar surface area (TPSA) is 66.7 Å². The number of aromatic nitrogens is 1. The number of nitrogens with zero attached hydrogens (tertiary/aromatic N) is 3. The lowest BCUT2D eigenvalue weighted by Crippen LogP contribution is -2.49. The molecule has 0 atom stereocenters. The molecule has 0 saturated carbocycles. The Bertz CT molecular complexity index is 1420. The van der Waals surface area contributed by atoms with Crippen molar-refractivity contribution in [2.75, 3.05) is 31.1 Å². The summed E-state index contributed by atoms with van der Waals surface area (Å²) in [6.07, 6.45) is 1.84. The Hall–Kier alpha value is -4.07. The Labute approximate surface area is 207 Å². The van der Waals surface area contributed by atoms with Gasteiger partial charge in [0.1, 0.15) is 23.0 Å². The standard InChI is InChI=1S/C28H25F2N3O3/c1-18-22-16-21(29)7-8-25(22)36-28(18)24(34)14-19-6-9-26(31-17-19)32-10-12-33(13-11-32)27(35)15-20-4-2-3-5-23(20)30/h2-9,16-17H,10-15H2,1H3. The second-order valence-electron chi connectivity index (χ2n) is 8.96. The Balaban J connectivity index is 1.18. The first-order chi connectivity index (χ1) is 17.4. The smallest absolute Gasteiger partial charge is 0.227 e. The van der Waals surface area contributed by atoms with Gasteiger partial charge in [-0.3, -0.25) is 9.59 Å². The summed E-state index contributed by atoms with van der Waals surface area (Å²) in [5, 5.41) is 0.596. The van der Waals surface area contributed by atoms with Crippen LogP contribution in [0.2, 0.25) is 0 Å². The average Bonchev–Trinajstić information content (AvgIpc) is 3.21. The maximum atomic E-state index is 13.9. The molecule has 184 valence electrons. The quantitative estimate of drug-likeness (QED) is 0.367. The SMILES string of the molecule is Cc1c(C(=O)Cc2ccc(N3CCN(C(=O)Cc4ccccc4F)CC3)nc2)oc2ccc(F)cc12. The molecular weight excluding hydrogens is 464 g/mol. The number of piperazine rings is 1. The fraction of sp³-hybridized carbons (Fsp3) is 0.250. The lowest BCUT2D eigenvalue weighted by atomic mass is 10.1. The molecule has 1 saturated heterocycles. The first-order valence-corrected chi connectivity index (χ1v) is 11.8. The molecule has 0 bridgehead atoms. The van der Waals surface area contributed by atoms with Gasteiger partial charge in [-0.1, -0.05) is 24.3 Å². The Kier molecular flexibility index (Phi) is 6.50. The molecule has 0 aliphatic carbocycles. The van der Waals surface area contributed by atoms with Crippen LogP contribution in [0.4, 0.5) is 14.6 Å². The van der Waals surface area contributed by atoms with Gasteiger partial charge in [-0.15, -0.1) is 0 Å². The molecule has 0 N–H and O–H groups in total. The van der Waals surface area contributed by atoms with Crippen LogP contribution >= 0.6 is 0 Å². The van der Waals surface area contributed by atoms with E-state index in [1.54, 1.807) is 36.2 Å². The minimum Gasteiger partial charge on any atom is -0.453 e. The summed E-state index contributed by atoms with van der Waals surface area (Å²) in [6.45, 7) is 4.04. The third-order valence-corrected chi connectivity index (χ3v) is 6.58. The number of hydrogen-bond donors (Lipinski definition) is 0. The van der Waals surface area contributed by atoms with Gasteiger partial charge in [-0.05, 0) is 48.4 Å². The van der Waals surface area contributed by atoms with Crippen LogP contribution in [0.1, 0.15) is 27.2 Å². The minimum absolute atomic E-state index is 0.0489. The molecule has 1 fully saturated rings. The van der Waals surface area contributed by atoms with Crippen molar-refractivity contribution in [1.82, 2.24) is 9.88 Å². The Morgan fingerprint density at radius 3 is 2.47 bits per heavy atom. The van der Waals surface area contributed by atoms with Crippen molar-refractivity contribution in [3.8, 4) is 0 Å². The monoisotopic (exact) mass is 489 g/mol. The van der Waals surface area contributed by atoms with Crippen LogP contribution in [0, 0.1) is 18.6 Å². The van der Waals surface area contributed by atoms with Crippen LogP contribution in [0.5, 0.6) is 0 Å². The second kappa shape index (κ2) is 9.89. The van der Waals surface area contributed by atoms with E-state index in [0.29, 0.717) is 48.3 Å². The van der Waals surface area contributed by atoms with Gasteiger partial charge >= 0.3 is 0 Å². The predicted octanol–water partition coefficient (Wildman–Crippen LogP) is 4.73. The number of aryl methyl sites for hydroxylation is 1. The van der Waals surface area contributed by atoms with Gasteiger partial charge in [0.15, 0.2) is 5.76 Å². The van der Waals surface area contributed by atoms with Crippen LogP contribution in [-0.4, -0.2) is 47.8 Å². The molecule has 8 heteroatoms. The minimum atomic E-state index is -0.375. The highest BCUT2D eigenvalue weighted by Gasteiger charge is 2.23. The fourth-order valence-corrected chi connectivity index (χ4v) is 4.53. The van der Waals surface area contributed by atoms with Crippen LogP contribution in [0.3, 0.4) is 0 Å². The molecule has 1 aliphatic rings. The van der Waals surface area contributed by atoms with E-state index in [1.807, 2.05) is 12.1 Å². The highest BCUT2D eigenvalue weighted by Crippen LogP contribution is 2.27. The van der Waals surface area contributed by atoms with Gasteiger partial charge in [-0.2, -0.15) is 0 Å². The summed E-state index contributed by atoms with van der Waals surface area (Å²) in [5.74, 6) is -0.0263. The number of amides is 1. The summed E-state index contributed by atoms with van der Waals surface area (Å²) in [7, 11) is 0. The molecule has 0 unspecified atom stereocenters. The second-order valence-corrected chi connectivity index (χ2v) is 8.96. The molecule has 6 nitrogen and oxygen atoms in total. The molecular formula is C28H25F2N3O3. The molecule has 36 heavy (non-hydrogen) atoms. The van der Waals surface area contributed by atoms with Crippen molar-refractivity contribution in [2.24, 2.45) is 0 Å². The van der Waals surface area contributed by atoms with Crippen LogP contribution in [0.25, 0.3) is 11.0 Å². The number of carbonyl (C=O) groups is 2. The maximum absolute atomic E-state index is 13.9. The summed E-state index contributed by atoms with van der Waals surface area (Å²) in [6, 6.07) is 14.3. The van der Waals surface area contributed by atoms with E-state index in [2.05, 4.69) is 9.88 Å². The first kappa shape index (κ1) is 23.7. The van der Waals surface area contributed by atoms with Gasteiger partial charge in [0.2, 0.25) is 11.7 Å². The summed E-state index contributed by atoms with van der Waals surface area (Å²) in [4.78, 5) is 33.8. The number of pyridine rings is 1. The number of anilines is 1. The van der Waals surface area contributed by atoms with Gasteiger partial charge in [0.05, 0.1) is 6.42 Å². The average molecular weight is 490 g/mol. The lowest BCUT2D eigenvalue weighted by molar-refractivity contribution is -0.130. The maximum Gasteiger partial charge on any atom is 0.227 e. The van der Waals surface area contributed by atoms with Crippen molar-refractivity contribution in [2.45, 2.75) is 19.8 Å². The van der Waals surface area contributed by atoms with Crippen LogP contribution in [0.15, 0.2) is 65.2 Å². The zero-order chi connectivity index (χ0) is 25.2. The first-order valence-electron chi connectivity index (χ1n) is 11.8. The van der Waals surface area contributed by atoms with E-state index in [-0.39, 0.29) is 41.9 Å². The van der Waals surface area contributed by atoms with E-state index in [4.69, 9.17) is 4.42 Å². The number of benzene rings is 2. The molecule has 1 amide bonds. The Morgan fingerprint density at radius 2 is 1.75 bits per heavy atom. The largest absolute Gasteiger partial charge is 0.453 e. The van der Waals surface area contributed by atoms with Gasteiger partial charge in [0, 0.05) is 49.7 Å². The number of rotatable bonds is 6. The van der Waals surface area contributed by atoms with Crippen LogP contribution < -0.4 is 4.90 Å². The predicted molar refractivity (Wildman–Crippen MR) is 132 cm³/mol.